The summed E-state index contributed by atoms with van der Waals surface area (Å²) in [5.41, 5.74) is 1.61. The Labute approximate surface area is 249 Å². The lowest BCUT2D eigenvalue weighted by Crippen LogP contribution is -2.15. The summed E-state index contributed by atoms with van der Waals surface area (Å²) < 4.78 is 66.9. The number of allylic oxidation sites excluding steroid dienone is 1. The van der Waals surface area contributed by atoms with Crippen LogP contribution in [0.4, 0.5) is 11.4 Å². The molecule has 0 saturated heterocycles. The van der Waals surface area contributed by atoms with Crippen LogP contribution in [-0.2, 0) is 25.0 Å². The van der Waals surface area contributed by atoms with Gasteiger partial charge in [0.05, 0.1) is 15.9 Å². The summed E-state index contributed by atoms with van der Waals surface area (Å²) in [6.07, 6.45) is 0. The van der Waals surface area contributed by atoms with Gasteiger partial charge in [0.1, 0.15) is 20.6 Å². The number of anilines is 1. The maximum absolute atomic E-state index is 13.0. The van der Waals surface area contributed by atoms with Gasteiger partial charge in [-0.1, -0.05) is 30.3 Å². The molecule has 0 aliphatic heterocycles. The number of rotatable bonds is 7. The van der Waals surface area contributed by atoms with E-state index < -0.39 is 37.6 Å². The Hall–Kier alpha value is -4.54. The summed E-state index contributed by atoms with van der Waals surface area (Å²) in [5, 5.41) is 21.7. The largest absolute Gasteiger partial charge is 0.510 e. The molecule has 0 unspecified atom stereocenters. The molecule has 0 saturated carbocycles. The predicted octanol–water partition coefficient (Wildman–Crippen LogP) is 6.43. The van der Waals surface area contributed by atoms with E-state index in [1.165, 1.54) is 37.3 Å². The second-order valence-corrected chi connectivity index (χ2v) is 13.1. The molecule has 0 aliphatic carbocycles. The van der Waals surface area contributed by atoms with Crippen molar-refractivity contribution in [2.75, 3.05) is 5.32 Å². The highest BCUT2D eigenvalue weighted by atomic mass is 32.2. The van der Waals surface area contributed by atoms with Crippen molar-refractivity contribution in [3.63, 3.8) is 0 Å². The first-order chi connectivity index (χ1) is 20.2. The fourth-order valence-corrected chi connectivity index (χ4v) is 7.39. The van der Waals surface area contributed by atoms with E-state index in [9.17, 15) is 35.8 Å². The minimum Gasteiger partial charge on any atom is -0.510 e. The molecule has 220 valence electrons. The number of amides is 1. The van der Waals surface area contributed by atoms with Crippen LogP contribution < -0.4 is 5.32 Å². The van der Waals surface area contributed by atoms with Crippen molar-refractivity contribution in [1.82, 2.24) is 4.98 Å². The second kappa shape index (κ2) is 11.3. The summed E-state index contributed by atoms with van der Waals surface area (Å²) in [6.45, 7) is 2.84. The van der Waals surface area contributed by atoms with Gasteiger partial charge in [-0.25, -0.2) is 4.98 Å². The van der Waals surface area contributed by atoms with Crippen LogP contribution in [0, 0.1) is 6.92 Å². The topological polar surface area (TPSA) is 196 Å². The van der Waals surface area contributed by atoms with Gasteiger partial charge in [-0.2, -0.15) is 21.9 Å². The normalized spacial score (nSPS) is 13.0. The lowest BCUT2D eigenvalue weighted by atomic mass is 10.1. The molecule has 0 spiro atoms. The maximum Gasteiger partial charge on any atom is 0.296 e. The Morgan fingerprint density at radius 2 is 1.56 bits per heavy atom. The van der Waals surface area contributed by atoms with Gasteiger partial charge in [0.25, 0.3) is 26.1 Å². The van der Waals surface area contributed by atoms with Crippen molar-refractivity contribution in [2.45, 2.75) is 23.6 Å². The van der Waals surface area contributed by atoms with Crippen molar-refractivity contribution in [2.24, 2.45) is 10.2 Å². The van der Waals surface area contributed by atoms with Crippen LogP contribution in [0.5, 0.6) is 0 Å². The quantitative estimate of drug-likeness (QED) is 0.0672. The minimum atomic E-state index is -4.51. The molecule has 5 aromatic rings. The lowest BCUT2D eigenvalue weighted by molar-refractivity contribution is -0.113. The van der Waals surface area contributed by atoms with E-state index in [1.54, 1.807) is 49.4 Å². The Balaban J connectivity index is 1.39. The number of azo groups is 1. The minimum absolute atomic E-state index is 0.182. The number of carbonyl (C=O) groups is 1. The third-order valence-electron chi connectivity index (χ3n) is 6.31. The number of nitrogens with zero attached hydrogens (tertiary/aromatic N) is 3. The second-order valence-electron chi connectivity index (χ2n) is 9.32. The first kappa shape index (κ1) is 29.9. The van der Waals surface area contributed by atoms with Crippen LogP contribution in [0.15, 0.2) is 104 Å². The highest BCUT2D eigenvalue weighted by Crippen LogP contribution is 2.36. The van der Waals surface area contributed by atoms with Gasteiger partial charge in [-0.3, -0.25) is 13.9 Å². The van der Waals surface area contributed by atoms with E-state index in [1.807, 2.05) is 0 Å². The number of nitrogens with one attached hydrogen (secondary N) is 1. The van der Waals surface area contributed by atoms with Crippen LogP contribution in [0.1, 0.15) is 12.5 Å². The average molecular weight is 639 g/mol. The van der Waals surface area contributed by atoms with Gasteiger partial charge in [0.15, 0.2) is 5.70 Å². The molecule has 0 bridgehead atoms. The van der Waals surface area contributed by atoms with Crippen molar-refractivity contribution in [1.29, 1.82) is 0 Å². The number of hydrogen-bond donors (Lipinski definition) is 4. The number of carbonyl (C=O) groups excluding carboxylic acids is 1. The van der Waals surface area contributed by atoms with Gasteiger partial charge >= 0.3 is 0 Å². The average Bonchev–Trinajstić information content (AvgIpc) is 3.36. The van der Waals surface area contributed by atoms with Crippen LogP contribution in [-0.4, -0.2) is 41.9 Å². The van der Waals surface area contributed by atoms with E-state index in [0.29, 0.717) is 37.4 Å². The Morgan fingerprint density at radius 3 is 2.21 bits per heavy atom. The number of hydrogen-bond acceptors (Lipinski definition) is 10. The zero-order valence-electron chi connectivity index (χ0n) is 22.4. The molecular formula is C28H22N4O8S3. The zero-order valence-corrected chi connectivity index (χ0v) is 24.8. The van der Waals surface area contributed by atoms with Gasteiger partial charge in [0, 0.05) is 22.0 Å². The first-order valence-corrected chi connectivity index (χ1v) is 16.0. The van der Waals surface area contributed by atoms with Gasteiger partial charge in [-0.15, -0.1) is 16.5 Å². The Bertz CT molecular complexity index is 2200. The Morgan fingerprint density at radius 1 is 0.884 bits per heavy atom. The van der Waals surface area contributed by atoms with Crippen molar-refractivity contribution >= 4 is 69.8 Å². The SMILES string of the molecule is C/C(O)=C(/N=Nc1ccc(-c2nc3ccc(C)c(S(=O)(=O)O)c3s2)cc1)C(=O)Nc1cccc2c(S(=O)(=O)O)cccc12. The molecule has 1 amide bonds. The molecule has 5 rings (SSSR count). The number of aryl methyl sites for hydroxylation is 1. The molecule has 0 fully saturated rings. The molecule has 12 nitrogen and oxygen atoms in total. The molecule has 1 aromatic heterocycles. The molecule has 43 heavy (non-hydrogen) atoms. The molecule has 0 atom stereocenters. The number of benzene rings is 4. The molecule has 15 heteroatoms. The number of thiazole rings is 1. The molecule has 1 heterocycles. The standard InChI is InChI=1S/C28H22N4O8S3/c1-15-9-14-22-25(26(15)43(38,39)40)41-28(30-22)17-10-12-18(13-11-17)31-32-24(16(2)33)27(34)29-21-7-3-6-20-19(21)5-4-8-23(20)42(35,36)37/h3-14,33H,1-2H3,(H,29,34)(H,35,36,37)(H,38,39,40)/b24-16-,32-31?. The van der Waals surface area contributed by atoms with E-state index in [4.69, 9.17) is 0 Å². The first-order valence-electron chi connectivity index (χ1n) is 12.3. The van der Waals surface area contributed by atoms with Crippen molar-refractivity contribution < 1.29 is 35.8 Å². The summed E-state index contributed by atoms with van der Waals surface area (Å²) in [7, 11) is -8.97. The van der Waals surface area contributed by atoms with Crippen LogP contribution >= 0.6 is 11.3 Å². The van der Waals surface area contributed by atoms with Crippen LogP contribution in [0.25, 0.3) is 31.6 Å². The molecule has 0 radical (unpaired) electrons. The summed E-state index contributed by atoms with van der Waals surface area (Å²) in [5.74, 6) is -1.24. The van der Waals surface area contributed by atoms with Gasteiger partial charge < -0.3 is 10.4 Å². The number of fused-ring (bicyclic) bond motifs is 2. The van der Waals surface area contributed by atoms with E-state index in [-0.39, 0.29) is 20.9 Å². The fraction of sp³-hybridized carbons (Fsp3) is 0.0714. The molecule has 0 aliphatic rings. The molecule has 4 aromatic carbocycles. The van der Waals surface area contributed by atoms with Crippen molar-refractivity contribution in [3.8, 4) is 10.6 Å². The predicted molar refractivity (Wildman–Crippen MR) is 162 cm³/mol. The number of aliphatic hydroxyl groups excluding tert-OH is 1. The van der Waals surface area contributed by atoms with E-state index >= 15 is 0 Å². The smallest absolute Gasteiger partial charge is 0.296 e. The zero-order chi connectivity index (χ0) is 31.1. The highest BCUT2D eigenvalue weighted by molar-refractivity contribution is 7.86. The van der Waals surface area contributed by atoms with E-state index in [0.717, 1.165) is 11.3 Å². The fourth-order valence-electron chi connectivity index (χ4n) is 4.37. The van der Waals surface area contributed by atoms with Gasteiger partial charge in [0.2, 0.25) is 0 Å². The Kier molecular flexibility index (Phi) is 7.85. The highest BCUT2D eigenvalue weighted by Gasteiger charge is 2.21. The maximum atomic E-state index is 13.0. The lowest BCUT2D eigenvalue weighted by Gasteiger charge is -2.11. The van der Waals surface area contributed by atoms with Crippen molar-refractivity contribution in [3.05, 3.63) is 89.8 Å². The number of aliphatic hydroxyl groups is 1. The monoisotopic (exact) mass is 638 g/mol. The summed E-state index contributed by atoms with van der Waals surface area (Å²) in [4.78, 5) is 17.0. The van der Waals surface area contributed by atoms with Crippen LogP contribution in [0.3, 0.4) is 0 Å². The van der Waals surface area contributed by atoms with Crippen LogP contribution in [0.2, 0.25) is 0 Å². The molecular weight excluding hydrogens is 617 g/mol. The summed E-state index contributed by atoms with van der Waals surface area (Å²) >= 11 is 1.11. The van der Waals surface area contributed by atoms with Gasteiger partial charge in [-0.05, 0) is 61.9 Å². The molecule has 4 N–H and O–H groups in total. The third kappa shape index (κ3) is 6.16. The van der Waals surface area contributed by atoms with E-state index in [2.05, 4.69) is 20.5 Å². The summed E-state index contributed by atoms with van der Waals surface area (Å²) in [6, 6.07) is 18.5. The third-order valence-corrected chi connectivity index (χ3v) is 9.53. The number of aromatic nitrogens is 1.